The zero-order valence-electron chi connectivity index (χ0n) is 16.8. The van der Waals surface area contributed by atoms with Gasteiger partial charge in [-0.2, -0.15) is 0 Å². The number of hydrogen-bond acceptors (Lipinski definition) is 4. The van der Waals surface area contributed by atoms with Gasteiger partial charge in [0, 0.05) is 11.1 Å². The van der Waals surface area contributed by atoms with Gasteiger partial charge in [-0.05, 0) is 66.9 Å². The number of phenolic OH excluding ortho intramolecular Hbond substituents is 1. The molecule has 1 aliphatic rings. The van der Waals surface area contributed by atoms with Crippen molar-refractivity contribution in [1.82, 2.24) is 0 Å². The molecule has 0 bridgehead atoms. The van der Waals surface area contributed by atoms with Crippen molar-refractivity contribution in [3.05, 3.63) is 89.0 Å². The van der Waals surface area contributed by atoms with Crippen LogP contribution in [0.5, 0.6) is 11.5 Å². The maximum absolute atomic E-state index is 13.4. The Balaban J connectivity index is 1.87. The van der Waals surface area contributed by atoms with E-state index in [1.54, 1.807) is 48.5 Å². The Morgan fingerprint density at radius 3 is 2.43 bits per heavy atom. The molecule has 0 radical (unpaired) electrons. The second-order valence-corrected chi connectivity index (χ2v) is 7.05. The number of benzene rings is 3. The highest BCUT2D eigenvalue weighted by Crippen LogP contribution is 2.35. The molecule has 4 rings (SSSR count). The lowest BCUT2D eigenvalue weighted by atomic mass is 9.91. The number of ether oxygens (including phenoxy) is 1. The third-order valence-corrected chi connectivity index (χ3v) is 4.94. The molecular formula is C25H21NO4. The van der Waals surface area contributed by atoms with Gasteiger partial charge in [0.25, 0.3) is 11.8 Å². The molecule has 0 saturated heterocycles. The molecule has 0 spiro atoms. The maximum Gasteiger partial charge on any atom is 0.265 e. The minimum Gasteiger partial charge on any atom is -0.504 e. The van der Waals surface area contributed by atoms with Gasteiger partial charge in [-0.15, -0.1) is 0 Å². The van der Waals surface area contributed by atoms with Crippen LogP contribution in [0.15, 0.2) is 66.7 Å². The molecule has 0 saturated carbocycles. The summed E-state index contributed by atoms with van der Waals surface area (Å²) in [6.45, 7) is 4.15. The van der Waals surface area contributed by atoms with E-state index in [1.165, 1.54) is 11.0 Å². The molecule has 1 aliphatic heterocycles. The Hall–Kier alpha value is -3.86. The van der Waals surface area contributed by atoms with Crippen LogP contribution in [0.3, 0.4) is 0 Å². The van der Waals surface area contributed by atoms with Crippen LogP contribution in [-0.4, -0.2) is 23.5 Å². The van der Waals surface area contributed by atoms with Gasteiger partial charge < -0.3 is 9.84 Å². The number of nitrogens with zero attached hydrogens (tertiary/aromatic N) is 1. The van der Waals surface area contributed by atoms with Crippen molar-refractivity contribution in [2.24, 2.45) is 0 Å². The van der Waals surface area contributed by atoms with E-state index in [2.05, 4.69) is 0 Å². The largest absolute Gasteiger partial charge is 0.504 e. The Morgan fingerprint density at radius 2 is 1.70 bits per heavy atom. The quantitative estimate of drug-likeness (QED) is 0.504. The fourth-order valence-corrected chi connectivity index (χ4v) is 3.55. The average Bonchev–Trinajstić information content (AvgIpc) is 2.74. The Morgan fingerprint density at radius 1 is 0.933 bits per heavy atom. The Bertz CT molecular complexity index is 1180. The van der Waals surface area contributed by atoms with Gasteiger partial charge in [-0.1, -0.05) is 36.4 Å². The highest BCUT2D eigenvalue weighted by atomic mass is 16.5. The van der Waals surface area contributed by atoms with Crippen molar-refractivity contribution in [3.8, 4) is 11.5 Å². The number of fused-ring (bicyclic) bond motifs is 1. The van der Waals surface area contributed by atoms with E-state index >= 15 is 0 Å². The van der Waals surface area contributed by atoms with Crippen molar-refractivity contribution in [2.45, 2.75) is 13.8 Å². The summed E-state index contributed by atoms with van der Waals surface area (Å²) in [6, 6.07) is 19.3. The minimum atomic E-state index is -0.393. The number of carbonyl (C=O) groups excluding carboxylic acids is 2. The summed E-state index contributed by atoms with van der Waals surface area (Å²) in [5, 5.41) is 9.97. The van der Waals surface area contributed by atoms with Gasteiger partial charge in [0.2, 0.25) is 0 Å². The van der Waals surface area contributed by atoms with Gasteiger partial charge in [-0.3, -0.25) is 9.59 Å². The number of anilines is 1. The summed E-state index contributed by atoms with van der Waals surface area (Å²) in [4.78, 5) is 27.8. The van der Waals surface area contributed by atoms with Crippen LogP contribution in [0.1, 0.15) is 34.0 Å². The van der Waals surface area contributed by atoms with E-state index in [4.69, 9.17) is 4.74 Å². The first kappa shape index (κ1) is 19.5. The van der Waals surface area contributed by atoms with Crippen molar-refractivity contribution < 1.29 is 19.4 Å². The Kier molecular flexibility index (Phi) is 5.11. The predicted molar refractivity (Wildman–Crippen MR) is 117 cm³/mol. The van der Waals surface area contributed by atoms with Crippen molar-refractivity contribution >= 4 is 29.2 Å². The van der Waals surface area contributed by atoms with Crippen LogP contribution in [0, 0.1) is 6.92 Å². The van der Waals surface area contributed by atoms with Gasteiger partial charge in [-0.25, -0.2) is 4.90 Å². The number of carbonyl (C=O) groups is 2. The third-order valence-electron chi connectivity index (χ3n) is 4.94. The van der Waals surface area contributed by atoms with Crippen molar-refractivity contribution in [2.75, 3.05) is 11.5 Å². The number of rotatable bonds is 4. The SMILES string of the molecule is CCOc1cc(/C=C2\C(=O)N(c3cccc(C)c3)C(=O)c3ccccc32)ccc1O. The number of phenols is 1. The molecule has 0 aliphatic carbocycles. The molecule has 0 fully saturated rings. The van der Waals surface area contributed by atoms with Gasteiger partial charge >= 0.3 is 0 Å². The summed E-state index contributed by atoms with van der Waals surface area (Å²) in [6.07, 6.45) is 1.72. The minimum absolute atomic E-state index is 0.0333. The van der Waals surface area contributed by atoms with Crippen molar-refractivity contribution in [1.29, 1.82) is 0 Å². The van der Waals surface area contributed by atoms with Crippen LogP contribution < -0.4 is 9.64 Å². The zero-order chi connectivity index (χ0) is 21.3. The number of amides is 2. The Labute approximate surface area is 174 Å². The van der Waals surface area contributed by atoms with Crippen molar-refractivity contribution in [3.63, 3.8) is 0 Å². The molecule has 150 valence electrons. The van der Waals surface area contributed by atoms with Gasteiger partial charge in [0.1, 0.15) is 0 Å². The molecule has 3 aromatic rings. The van der Waals surface area contributed by atoms with Crippen LogP contribution in [0.25, 0.3) is 11.6 Å². The fraction of sp³-hybridized carbons (Fsp3) is 0.120. The lowest BCUT2D eigenvalue weighted by Crippen LogP contribution is -2.41. The lowest BCUT2D eigenvalue weighted by molar-refractivity contribution is -0.112. The van der Waals surface area contributed by atoms with Crippen LogP contribution >= 0.6 is 0 Å². The highest BCUT2D eigenvalue weighted by Gasteiger charge is 2.35. The standard InChI is InChI=1S/C25H21NO4/c1-3-30-23-15-17(11-12-22(23)27)14-21-19-9-4-5-10-20(19)24(28)26(25(21)29)18-8-6-7-16(2)13-18/h4-15,27H,3H2,1-2H3/b21-14-. The van der Waals surface area contributed by atoms with Crippen LogP contribution in [-0.2, 0) is 4.79 Å². The van der Waals surface area contributed by atoms with E-state index in [9.17, 15) is 14.7 Å². The summed E-state index contributed by atoms with van der Waals surface area (Å²) in [5.41, 5.74) is 3.63. The molecule has 2 amide bonds. The summed E-state index contributed by atoms with van der Waals surface area (Å²) >= 11 is 0. The maximum atomic E-state index is 13.4. The molecule has 1 N–H and O–H groups in total. The van der Waals surface area contributed by atoms with Gasteiger partial charge in [0.05, 0.1) is 12.3 Å². The predicted octanol–water partition coefficient (Wildman–Crippen LogP) is 4.83. The summed E-state index contributed by atoms with van der Waals surface area (Å²) in [7, 11) is 0. The monoisotopic (exact) mass is 399 g/mol. The second kappa shape index (κ2) is 7.87. The second-order valence-electron chi connectivity index (χ2n) is 7.05. The van der Waals surface area contributed by atoms with E-state index < -0.39 is 5.91 Å². The van der Waals surface area contributed by atoms with Gasteiger partial charge in [0.15, 0.2) is 11.5 Å². The van der Waals surface area contributed by atoms with E-state index in [0.29, 0.717) is 40.3 Å². The molecule has 1 heterocycles. The lowest BCUT2D eigenvalue weighted by Gasteiger charge is -2.29. The topological polar surface area (TPSA) is 66.8 Å². The molecule has 0 aromatic heterocycles. The number of aryl methyl sites for hydroxylation is 1. The smallest absolute Gasteiger partial charge is 0.265 e. The first-order valence-electron chi connectivity index (χ1n) is 9.72. The number of imide groups is 1. The average molecular weight is 399 g/mol. The molecule has 5 heteroatoms. The van der Waals surface area contributed by atoms with Crippen LogP contribution in [0.4, 0.5) is 5.69 Å². The zero-order valence-corrected chi connectivity index (χ0v) is 16.8. The number of hydrogen-bond donors (Lipinski definition) is 1. The molecule has 0 unspecified atom stereocenters. The molecule has 3 aromatic carbocycles. The first-order valence-corrected chi connectivity index (χ1v) is 9.72. The highest BCUT2D eigenvalue weighted by molar-refractivity contribution is 6.43. The normalized spacial score (nSPS) is 14.7. The molecule has 30 heavy (non-hydrogen) atoms. The molecule has 5 nitrogen and oxygen atoms in total. The fourth-order valence-electron chi connectivity index (χ4n) is 3.55. The summed E-state index contributed by atoms with van der Waals surface area (Å²) < 4.78 is 5.45. The van der Waals surface area contributed by atoms with Crippen LogP contribution in [0.2, 0.25) is 0 Å². The molecule has 0 atom stereocenters. The molecular weight excluding hydrogens is 378 g/mol. The number of aromatic hydroxyl groups is 1. The summed E-state index contributed by atoms with van der Waals surface area (Å²) in [5.74, 6) is -0.365. The first-order chi connectivity index (χ1) is 14.5. The third kappa shape index (κ3) is 3.46. The van der Waals surface area contributed by atoms with E-state index in [1.807, 2.05) is 32.0 Å². The van der Waals surface area contributed by atoms with E-state index in [-0.39, 0.29) is 11.7 Å². The van der Waals surface area contributed by atoms with E-state index in [0.717, 1.165) is 5.56 Å².